The highest BCUT2D eigenvalue weighted by Gasteiger charge is 2.32. The van der Waals surface area contributed by atoms with Crippen molar-refractivity contribution >= 4 is 11.8 Å². The minimum absolute atomic E-state index is 0.0917. The molecule has 0 aliphatic carbocycles. The van der Waals surface area contributed by atoms with Gasteiger partial charge in [-0.05, 0) is 56.3 Å². The number of nitrogens with zero attached hydrogens (tertiary/aromatic N) is 2. The van der Waals surface area contributed by atoms with E-state index in [9.17, 15) is 14.7 Å². The van der Waals surface area contributed by atoms with Crippen LogP contribution in [0.4, 0.5) is 0 Å². The summed E-state index contributed by atoms with van der Waals surface area (Å²) < 4.78 is 10.8. The normalized spacial score (nSPS) is 18.2. The number of aliphatic hydroxyl groups is 1. The van der Waals surface area contributed by atoms with Crippen molar-refractivity contribution < 1.29 is 24.0 Å². The van der Waals surface area contributed by atoms with Gasteiger partial charge in [-0.1, -0.05) is 35.5 Å². The molecule has 200 valence electrons. The summed E-state index contributed by atoms with van der Waals surface area (Å²) >= 11 is 0. The van der Waals surface area contributed by atoms with Gasteiger partial charge in [-0.15, -0.1) is 0 Å². The Bertz CT molecular complexity index is 1270. The molecule has 0 saturated carbocycles. The van der Waals surface area contributed by atoms with E-state index in [1.54, 1.807) is 19.1 Å². The van der Waals surface area contributed by atoms with Gasteiger partial charge in [0.25, 0.3) is 11.8 Å². The number of aryl methyl sites for hydroxylation is 1. The molecule has 5 rings (SSSR count). The molecule has 4 N–H and O–H groups in total. The molecule has 1 aromatic heterocycles. The number of carbonyl (C=O) groups excluding carboxylic acids is 2. The predicted molar refractivity (Wildman–Crippen MR) is 139 cm³/mol. The number of nitrogens with one attached hydrogen (secondary N) is 3. The molecule has 1 saturated heterocycles. The number of rotatable bonds is 9. The summed E-state index contributed by atoms with van der Waals surface area (Å²) in [5.41, 5.74) is 2.46. The lowest BCUT2D eigenvalue weighted by Crippen LogP contribution is -2.52. The lowest BCUT2D eigenvalue weighted by Gasteiger charge is -2.29. The number of aliphatic hydroxyl groups excluding tert-OH is 1. The maximum Gasteiger partial charge on any atom is 0.252 e. The quantitative estimate of drug-likeness (QED) is 0.337. The van der Waals surface area contributed by atoms with Crippen LogP contribution in [0.3, 0.4) is 0 Å². The summed E-state index contributed by atoms with van der Waals surface area (Å²) in [7, 11) is 0. The zero-order valence-electron chi connectivity index (χ0n) is 21.4. The van der Waals surface area contributed by atoms with Crippen molar-refractivity contribution in [3.8, 4) is 5.75 Å². The zero-order chi connectivity index (χ0) is 26.5. The molecule has 10 heteroatoms. The SMILES string of the molecule is Cc1nc(CNC(=O)c2cc(C(=O)NC(Cc3ccccc3)C(O)C3CCCN3)cc3c2CCCO3)no1. The minimum Gasteiger partial charge on any atom is -0.493 e. The van der Waals surface area contributed by atoms with E-state index in [1.165, 1.54) is 0 Å². The standard InChI is InChI=1S/C28H33N5O5/c1-17-31-25(33-38-17)16-30-28(36)21-14-19(15-24-20(21)9-6-12-37-24)27(35)32-23(13-18-7-3-2-4-8-18)26(34)22-10-5-11-29-22/h2-4,7-8,14-15,22-23,26,29,34H,5-6,9-13,16H2,1H3,(H,30,36)(H,32,35). The van der Waals surface area contributed by atoms with Crippen LogP contribution in [0.25, 0.3) is 0 Å². The molecule has 3 heterocycles. The molecule has 3 unspecified atom stereocenters. The van der Waals surface area contributed by atoms with E-state index in [2.05, 4.69) is 26.1 Å². The monoisotopic (exact) mass is 519 g/mol. The van der Waals surface area contributed by atoms with Gasteiger partial charge in [-0.2, -0.15) is 4.98 Å². The second-order valence-corrected chi connectivity index (χ2v) is 9.83. The van der Waals surface area contributed by atoms with Crippen LogP contribution in [-0.4, -0.2) is 58.4 Å². The van der Waals surface area contributed by atoms with Crippen molar-refractivity contribution in [2.75, 3.05) is 13.2 Å². The number of benzene rings is 2. The van der Waals surface area contributed by atoms with E-state index in [4.69, 9.17) is 9.26 Å². The Morgan fingerprint density at radius 3 is 2.76 bits per heavy atom. The first-order chi connectivity index (χ1) is 18.5. The minimum atomic E-state index is -0.767. The second kappa shape index (κ2) is 11.7. The second-order valence-electron chi connectivity index (χ2n) is 9.83. The van der Waals surface area contributed by atoms with Gasteiger partial charge in [0.1, 0.15) is 5.75 Å². The molecule has 2 aliphatic rings. The van der Waals surface area contributed by atoms with Crippen LogP contribution in [0.5, 0.6) is 5.75 Å². The molecule has 2 aliphatic heterocycles. The molecule has 38 heavy (non-hydrogen) atoms. The van der Waals surface area contributed by atoms with Crippen molar-refractivity contribution in [2.45, 2.75) is 63.8 Å². The van der Waals surface area contributed by atoms with Gasteiger partial charge < -0.3 is 30.3 Å². The fourth-order valence-electron chi connectivity index (χ4n) is 5.12. The Labute approximate surface area is 221 Å². The van der Waals surface area contributed by atoms with Crippen LogP contribution in [0, 0.1) is 6.92 Å². The van der Waals surface area contributed by atoms with Crippen molar-refractivity contribution in [3.63, 3.8) is 0 Å². The number of hydrogen-bond acceptors (Lipinski definition) is 8. The van der Waals surface area contributed by atoms with Gasteiger partial charge in [-0.3, -0.25) is 9.59 Å². The lowest BCUT2D eigenvalue weighted by atomic mass is 9.94. The van der Waals surface area contributed by atoms with Gasteiger partial charge in [0, 0.05) is 29.7 Å². The highest BCUT2D eigenvalue weighted by molar-refractivity contribution is 6.01. The molecule has 2 amide bonds. The van der Waals surface area contributed by atoms with Crippen LogP contribution in [-0.2, 0) is 19.4 Å². The van der Waals surface area contributed by atoms with Gasteiger partial charge in [-0.25, -0.2) is 0 Å². The Balaban J connectivity index is 1.38. The fourth-order valence-corrected chi connectivity index (χ4v) is 5.12. The summed E-state index contributed by atoms with van der Waals surface area (Å²) in [6.07, 6.45) is 2.99. The van der Waals surface area contributed by atoms with Gasteiger partial charge in [0.2, 0.25) is 5.89 Å². The Hall–Kier alpha value is -3.76. The zero-order valence-corrected chi connectivity index (χ0v) is 21.4. The highest BCUT2D eigenvalue weighted by atomic mass is 16.5. The third-order valence-corrected chi connectivity index (χ3v) is 7.06. The van der Waals surface area contributed by atoms with E-state index in [0.29, 0.717) is 48.0 Å². The third kappa shape index (κ3) is 6.03. The number of aromatic nitrogens is 2. The topological polar surface area (TPSA) is 139 Å². The number of hydrogen-bond donors (Lipinski definition) is 4. The summed E-state index contributed by atoms with van der Waals surface area (Å²) in [6, 6.07) is 12.4. The molecule has 3 atom stereocenters. The molecular weight excluding hydrogens is 486 g/mol. The fraction of sp³-hybridized carbons (Fsp3) is 0.429. The van der Waals surface area contributed by atoms with Crippen LogP contribution < -0.4 is 20.7 Å². The molecule has 0 spiro atoms. The van der Waals surface area contributed by atoms with Gasteiger partial charge in [0.15, 0.2) is 5.82 Å². The van der Waals surface area contributed by atoms with E-state index in [0.717, 1.165) is 36.9 Å². The van der Waals surface area contributed by atoms with E-state index < -0.39 is 12.1 Å². The number of fused-ring (bicyclic) bond motifs is 1. The molecule has 0 bridgehead atoms. The molecule has 1 fully saturated rings. The largest absolute Gasteiger partial charge is 0.493 e. The molecule has 10 nitrogen and oxygen atoms in total. The van der Waals surface area contributed by atoms with Gasteiger partial charge in [0.05, 0.1) is 25.3 Å². The maximum atomic E-state index is 13.5. The van der Waals surface area contributed by atoms with Crippen molar-refractivity contribution in [3.05, 3.63) is 76.4 Å². The smallest absolute Gasteiger partial charge is 0.252 e. The average Bonchev–Trinajstić information content (AvgIpc) is 3.63. The van der Waals surface area contributed by atoms with Crippen molar-refractivity contribution in [1.29, 1.82) is 0 Å². The molecular formula is C28H33N5O5. The third-order valence-electron chi connectivity index (χ3n) is 7.06. The van der Waals surface area contributed by atoms with Crippen LogP contribution >= 0.6 is 0 Å². The Morgan fingerprint density at radius 1 is 1.18 bits per heavy atom. The van der Waals surface area contributed by atoms with Crippen molar-refractivity contribution in [2.24, 2.45) is 0 Å². The number of ether oxygens (including phenoxy) is 1. The lowest BCUT2D eigenvalue weighted by molar-refractivity contribution is 0.0737. The first-order valence-corrected chi connectivity index (χ1v) is 13.1. The Kier molecular flexibility index (Phi) is 8.00. The van der Waals surface area contributed by atoms with Crippen LogP contribution in [0.15, 0.2) is 47.0 Å². The Morgan fingerprint density at radius 2 is 2.03 bits per heavy atom. The van der Waals surface area contributed by atoms with E-state index in [1.807, 2.05) is 30.3 Å². The molecule has 0 radical (unpaired) electrons. The summed E-state index contributed by atoms with van der Waals surface area (Å²) in [5, 5.41) is 24.2. The highest BCUT2D eigenvalue weighted by Crippen LogP contribution is 2.30. The number of carbonyl (C=O) groups is 2. The van der Waals surface area contributed by atoms with E-state index in [-0.39, 0.29) is 24.4 Å². The summed E-state index contributed by atoms with van der Waals surface area (Å²) in [4.78, 5) is 30.8. The van der Waals surface area contributed by atoms with Gasteiger partial charge >= 0.3 is 0 Å². The predicted octanol–water partition coefficient (Wildman–Crippen LogP) is 2.09. The maximum absolute atomic E-state index is 13.5. The first kappa shape index (κ1) is 25.9. The number of amides is 2. The average molecular weight is 520 g/mol. The van der Waals surface area contributed by atoms with E-state index >= 15 is 0 Å². The summed E-state index contributed by atoms with van der Waals surface area (Å²) in [5.74, 6) is 0.594. The van der Waals surface area contributed by atoms with Crippen LogP contribution in [0.2, 0.25) is 0 Å². The van der Waals surface area contributed by atoms with Crippen molar-refractivity contribution in [1.82, 2.24) is 26.1 Å². The molecule has 3 aromatic rings. The molecule has 2 aromatic carbocycles. The van der Waals surface area contributed by atoms with Crippen LogP contribution in [0.1, 0.15) is 62.8 Å². The first-order valence-electron chi connectivity index (χ1n) is 13.1. The summed E-state index contributed by atoms with van der Waals surface area (Å²) in [6.45, 7) is 3.14.